The van der Waals surface area contributed by atoms with Crippen molar-refractivity contribution in [3.8, 4) is 5.75 Å². The van der Waals surface area contributed by atoms with Crippen molar-refractivity contribution in [2.45, 2.75) is 6.42 Å². The van der Waals surface area contributed by atoms with E-state index in [0.717, 1.165) is 21.8 Å². The minimum Gasteiger partial charge on any atom is -0.508 e. The summed E-state index contributed by atoms with van der Waals surface area (Å²) in [5, 5.41) is 20.6. The summed E-state index contributed by atoms with van der Waals surface area (Å²) < 4.78 is 0. The van der Waals surface area contributed by atoms with Crippen molar-refractivity contribution in [3.05, 3.63) is 42.0 Å². The molecule has 1 heterocycles. The second kappa shape index (κ2) is 3.77. The number of phenolic OH excluding ortho intramolecular Hbond substituents is 1. The van der Waals surface area contributed by atoms with Crippen molar-refractivity contribution in [1.29, 1.82) is 0 Å². The summed E-state index contributed by atoms with van der Waals surface area (Å²) in [5.41, 5.74) is 2.21. The number of hydrogen-bond donors (Lipinski definition) is 3. The third kappa shape index (κ3) is 1.59. The molecular formula is C14H11NO3. The Morgan fingerprint density at radius 1 is 1.11 bits per heavy atom. The van der Waals surface area contributed by atoms with Crippen LogP contribution in [0, 0.1) is 0 Å². The van der Waals surface area contributed by atoms with Gasteiger partial charge in [0.25, 0.3) is 0 Å². The minimum atomic E-state index is -0.954. The molecule has 3 rings (SSSR count). The Morgan fingerprint density at radius 2 is 1.89 bits per heavy atom. The van der Waals surface area contributed by atoms with Gasteiger partial charge in [0.2, 0.25) is 0 Å². The highest BCUT2D eigenvalue weighted by molar-refractivity contribution is 6.08. The molecule has 0 fully saturated rings. The zero-order valence-corrected chi connectivity index (χ0v) is 9.47. The highest BCUT2D eigenvalue weighted by Crippen LogP contribution is 2.30. The van der Waals surface area contributed by atoms with Gasteiger partial charge in [-0.3, -0.25) is 4.79 Å². The number of fused-ring (bicyclic) bond motifs is 3. The average molecular weight is 241 g/mol. The number of aromatic nitrogens is 1. The first-order chi connectivity index (χ1) is 8.65. The predicted octanol–water partition coefficient (Wildman–Crippen LogP) is 2.65. The predicted molar refractivity (Wildman–Crippen MR) is 68.8 cm³/mol. The van der Waals surface area contributed by atoms with Gasteiger partial charge in [-0.1, -0.05) is 18.2 Å². The summed E-state index contributed by atoms with van der Waals surface area (Å²) >= 11 is 0. The van der Waals surface area contributed by atoms with Crippen molar-refractivity contribution in [2.75, 3.05) is 0 Å². The molecule has 0 saturated carbocycles. The lowest BCUT2D eigenvalue weighted by Gasteiger charge is -2.02. The molecule has 0 radical (unpaired) electrons. The summed E-state index contributed by atoms with van der Waals surface area (Å²) in [7, 11) is 0. The van der Waals surface area contributed by atoms with E-state index in [-0.39, 0.29) is 12.2 Å². The summed E-state index contributed by atoms with van der Waals surface area (Å²) in [6.07, 6.45) is -0.179. The number of benzene rings is 2. The maximum Gasteiger partial charge on any atom is 0.307 e. The third-order valence-corrected chi connectivity index (χ3v) is 3.05. The van der Waals surface area contributed by atoms with E-state index in [1.54, 1.807) is 12.1 Å². The fourth-order valence-corrected chi connectivity index (χ4v) is 2.24. The number of aromatic hydroxyl groups is 1. The first-order valence-corrected chi connectivity index (χ1v) is 5.59. The highest BCUT2D eigenvalue weighted by atomic mass is 16.4. The first-order valence-electron chi connectivity index (χ1n) is 5.59. The van der Waals surface area contributed by atoms with E-state index in [1.807, 2.05) is 24.3 Å². The van der Waals surface area contributed by atoms with Gasteiger partial charge in [0.05, 0.1) is 11.9 Å². The highest BCUT2D eigenvalue weighted by Gasteiger charge is 2.11. The zero-order valence-electron chi connectivity index (χ0n) is 9.47. The minimum absolute atomic E-state index is 0.0106. The molecule has 3 N–H and O–H groups in total. The number of carboxylic acid groups (broad SMARTS) is 1. The van der Waals surface area contributed by atoms with E-state index in [1.165, 1.54) is 0 Å². The molecule has 0 saturated heterocycles. The smallest absolute Gasteiger partial charge is 0.307 e. The Morgan fingerprint density at radius 3 is 2.67 bits per heavy atom. The molecule has 4 heteroatoms. The fraction of sp³-hybridized carbons (Fsp3) is 0.0714. The van der Waals surface area contributed by atoms with Crippen LogP contribution in [0.4, 0.5) is 0 Å². The van der Waals surface area contributed by atoms with Gasteiger partial charge in [-0.15, -0.1) is 0 Å². The Hall–Kier alpha value is -2.49. The topological polar surface area (TPSA) is 73.3 Å². The van der Waals surface area contributed by atoms with Crippen LogP contribution in [0.1, 0.15) is 5.56 Å². The van der Waals surface area contributed by atoms with Gasteiger partial charge in [0.1, 0.15) is 5.75 Å². The van der Waals surface area contributed by atoms with Crippen molar-refractivity contribution in [3.63, 3.8) is 0 Å². The molecule has 1 aromatic heterocycles. The van der Waals surface area contributed by atoms with Crippen LogP contribution < -0.4 is 0 Å². The number of aromatic amines is 1. The molecular weight excluding hydrogens is 230 g/mol. The lowest BCUT2D eigenvalue weighted by Crippen LogP contribution is -2.00. The van der Waals surface area contributed by atoms with E-state index in [9.17, 15) is 9.90 Å². The van der Waals surface area contributed by atoms with Crippen LogP contribution in [-0.2, 0) is 11.2 Å². The van der Waals surface area contributed by atoms with E-state index in [0.29, 0.717) is 5.56 Å². The quantitative estimate of drug-likeness (QED) is 0.645. The molecule has 3 aromatic rings. The number of para-hydroxylation sites is 1. The summed E-state index contributed by atoms with van der Waals surface area (Å²) in [6.45, 7) is 0. The maximum absolute atomic E-state index is 10.7. The number of nitrogens with one attached hydrogen (secondary N) is 1. The van der Waals surface area contributed by atoms with Crippen molar-refractivity contribution >= 4 is 27.8 Å². The van der Waals surface area contributed by atoms with Gasteiger partial charge in [0.15, 0.2) is 0 Å². The monoisotopic (exact) mass is 241 g/mol. The lowest BCUT2D eigenvalue weighted by atomic mass is 10.1. The molecule has 0 spiro atoms. The van der Waals surface area contributed by atoms with Gasteiger partial charge in [-0.25, -0.2) is 0 Å². The van der Waals surface area contributed by atoms with Crippen LogP contribution in [0.5, 0.6) is 5.75 Å². The Bertz CT molecular complexity index is 758. The summed E-state index contributed by atoms with van der Waals surface area (Å²) in [5.74, 6) is -0.944. The van der Waals surface area contributed by atoms with Crippen LogP contribution in [0.3, 0.4) is 0 Å². The Balaban J connectivity index is 2.31. The molecule has 0 aliphatic rings. The van der Waals surface area contributed by atoms with Crippen LogP contribution >= 0.6 is 0 Å². The van der Waals surface area contributed by atoms with Gasteiger partial charge >= 0.3 is 5.97 Å². The van der Waals surface area contributed by atoms with Gasteiger partial charge in [-0.2, -0.15) is 0 Å². The van der Waals surface area contributed by atoms with E-state index in [2.05, 4.69) is 4.98 Å². The molecule has 90 valence electrons. The van der Waals surface area contributed by atoms with Crippen molar-refractivity contribution in [2.24, 2.45) is 0 Å². The molecule has 4 nitrogen and oxygen atoms in total. The lowest BCUT2D eigenvalue weighted by molar-refractivity contribution is -0.136. The Labute approximate surface area is 102 Å². The molecule has 0 atom stereocenters. The van der Waals surface area contributed by atoms with Crippen LogP contribution in [0.2, 0.25) is 0 Å². The van der Waals surface area contributed by atoms with Gasteiger partial charge in [-0.05, 0) is 12.1 Å². The number of aliphatic carboxylic acids is 1. The molecule has 0 aliphatic heterocycles. The normalized spacial score (nSPS) is 11.1. The van der Waals surface area contributed by atoms with Crippen LogP contribution in [0.25, 0.3) is 21.8 Å². The average Bonchev–Trinajstić information content (AvgIpc) is 2.66. The number of hydrogen-bond acceptors (Lipinski definition) is 2. The van der Waals surface area contributed by atoms with E-state index in [4.69, 9.17) is 5.11 Å². The third-order valence-electron chi connectivity index (χ3n) is 3.05. The maximum atomic E-state index is 10.7. The number of H-pyrrole nitrogens is 1. The van der Waals surface area contributed by atoms with Gasteiger partial charge < -0.3 is 15.2 Å². The Kier molecular flexibility index (Phi) is 2.23. The fourth-order valence-electron chi connectivity index (χ4n) is 2.24. The molecule has 0 bridgehead atoms. The number of phenols is 1. The number of carbonyl (C=O) groups is 1. The van der Waals surface area contributed by atoms with Crippen molar-refractivity contribution in [1.82, 2.24) is 4.98 Å². The standard InChI is InChI=1S/C14H11NO3/c16-13-7-12-10(5-8(13)6-14(17)18)9-3-1-2-4-11(9)15-12/h1-5,7,15-16H,6H2,(H,17,18). The van der Waals surface area contributed by atoms with Gasteiger partial charge in [0, 0.05) is 27.9 Å². The SMILES string of the molecule is O=C(O)Cc1cc2c(cc1O)[nH]c1ccccc12. The van der Waals surface area contributed by atoms with Crippen LogP contribution in [0.15, 0.2) is 36.4 Å². The van der Waals surface area contributed by atoms with Crippen molar-refractivity contribution < 1.29 is 15.0 Å². The zero-order chi connectivity index (χ0) is 12.7. The molecule has 0 aliphatic carbocycles. The first kappa shape index (κ1) is 10.7. The van der Waals surface area contributed by atoms with E-state index >= 15 is 0 Å². The molecule has 18 heavy (non-hydrogen) atoms. The summed E-state index contributed by atoms with van der Waals surface area (Å²) in [6, 6.07) is 11.1. The summed E-state index contributed by atoms with van der Waals surface area (Å²) in [4.78, 5) is 13.9. The number of carboxylic acids is 1. The molecule has 0 amide bonds. The number of rotatable bonds is 2. The largest absolute Gasteiger partial charge is 0.508 e. The van der Waals surface area contributed by atoms with E-state index < -0.39 is 5.97 Å². The second-order valence-corrected chi connectivity index (χ2v) is 4.27. The molecule has 2 aromatic carbocycles. The van der Waals surface area contributed by atoms with Crippen LogP contribution in [-0.4, -0.2) is 21.2 Å². The molecule has 0 unspecified atom stereocenters. The second-order valence-electron chi connectivity index (χ2n) is 4.27.